The molecule has 0 radical (unpaired) electrons. The second kappa shape index (κ2) is 8.34. The fourth-order valence-corrected chi connectivity index (χ4v) is 2.35. The van der Waals surface area contributed by atoms with Crippen LogP contribution in [-0.2, 0) is 11.4 Å². The predicted octanol–water partition coefficient (Wildman–Crippen LogP) is 4.35. The Morgan fingerprint density at radius 2 is 1.64 bits per heavy atom. The van der Waals surface area contributed by atoms with Crippen LogP contribution in [0.25, 0.3) is 0 Å². The molecule has 0 fully saturated rings. The quantitative estimate of drug-likeness (QED) is 0.660. The van der Waals surface area contributed by atoms with E-state index in [2.05, 4.69) is 10.6 Å². The lowest BCUT2D eigenvalue weighted by Gasteiger charge is -2.06. The third kappa shape index (κ3) is 4.94. The molecule has 8 heteroatoms. The van der Waals surface area contributed by atoms with Gasteiger partial charge in [0.1, 0.15) is 18.2 Å². The molecule has 28 heavy (non-hydrogen) atoms. The lowest BCUT2D eigenvalue weighted by atomic mass is 10.2. The van der Waals surface area contributed by atoms with Gasteiger partial charge < -0.3 is 19.8 Å². The van der Waals surface area contributed by atoms with Gasteiger partial charge >= 0.3 is 0 Å². The van der Waals surface area contributed by atoms with Crippen LogP contribution in [0.3, 0.4) is 0 Å². The van der Waals surface area contributed by atoms with Crippen LogP contribution in [0.2, 0.25) is 0 Å². The molecule has 1 aromatic heterocycles. The van der Waals surface area contributed by atoms with Crippen LogP contribution in [0, 0.1) is 11.6 Å². The number of benzene rings is 2. The molecule has 3 rings (SSSR count). The summed E-state index contributed by atoms with van der Waals surface area (Å²) in [6, 6.07) is 12.5. The first-order valence-electron chi connectivity index (χ1n) is 8.26. The van der Waals surface area contributed by atoms with Crippen molar-refractivity contribution >= 4 is 23.2 Å². The Morgan fingerprint density at radius 1 is 0.964 bits per heavy atom. The number of hydrogen-bond donors (Lipinski definition) is 2. The van der Waals surface area contributed by atoms with E-state index in [9.17, 15) is 18.4 Å². The number of carbonyl (C=O) groups is 2. The molecule has 0 unspecified atom stereocenters. The van der Waals surface area contributed by atoms with Gasteiger partial charge in [-0.3, -0.25) is 9.59 Å². The summed E-state index contributed by atoms with van der Waals surface area (Å²) in [7, 11) is 0. The van der Waals surface area contributed by atoms with Crippen LogP contribution in [0.1, 0.15) is 23.2 Å². The van der Waals surface area contributed by atoms with E-state index in [-0.39, 0.29) is 24.0 Å². The minimum atomic E-state index is -0.827. The normalized spacial score (nSPS) is 10.4. The Hall–Kier alpha value is -3.68. The molecule has 0 atom stereocenters. The Bertz CT molecular complexity index is 1000. The number of anilines is 2. The molecule has 2 amide bonds. The molecule has 3 aromatic rings. The third-order valence-corrected chi connectivity index (χ3v) is 3.61. The van der Waals surface area contributed by atoms with Gasteiger partial charge in [0.2, 0.25) is 5.91 Å². The third-order valence-electron chi connectivity index (χ3n) is 3.61. The number of amides is 2. The molecule has 0 aliphatic carbocycles. The number of carbonyl (C=O) groups excluding carboxylic acids is 2. The van der Waals surface area contributed by atoms with Crippen molar-refractivity contribution in [1.29, 1.82) is 0 Å². The van der Waals surface area contributed by atoms with Crippen LogP contribution in [0.5, 0.6) is 5.75 Å². The topological polar surface area (TPSA) is 80.6 Å². The van der Waals surface area contributed by atoms with Gasteiger partial charge in [-0.1, -0.05) is 0 Å². The lowest BCUT2D eigenvalue weighted by molar-refractivity contribution is -0.114. The highest BCUT2D eigenvalue weighted by atomic mass is 19.1. The highest BCUT2D eigenvalue weighted by Crippen LogP contribution is 2.20. The first kappa shape index (κ1) is 19.1. The van der Waals surface area contributed by atoms with Crippen molar-refractivity contribution in [3.05, 3.63) is 77.8 Å². The average molecular weight is 386 g/mol. The van der Waals surface area contributed by atoms with Gasteiger partial charge in [-0.05, 0) is 48.5 Å². The summed E-state index contributed by atoms with van der Waals surface area (Å²) in [6.45, 7) is 1.28. The Balaban J connectivity index is 1.58. The smallest absolute Gasteiger partial charge is 0.291 e. The predicted molar refractivity (Wildman–Crippen MR) is 98.1 cm³/mol. The van der Waals surface area contributed by atoms with Gasteiger partial charge in [0.05, 0.1) is 0 Å². The number of hydrogen-bond acceptors (Lipinski definition) is 4. The van der Waals surface area contributed by atoms with Crippen LogP contribution < -0.4 is 15.4 Å². The largest absolute Gasteiger partial charge is 0.483 e. The number of halogens is 2. The molecule has 2 aromatic carbocycles. The second-order valence-corrected chi connectivity index (χ2v) is 5.84. The van der Waals surface area contributed by atoms with E-state index < -0.39 is 17.5 Å². The minimum Gasteiger partial charge on any atom is -0.483 e. The van der Waals surface area contributed by atoms with Crippen molar-refractivity contribution in [3.63, 3.8) is 0 Å². The minimum absolute atomic E-state index is 0.0455. The van der Waals surface area contributed by atoms with Crippen molar-refractivity contribution in [1.82, 2.24) is 0 Å². The number of furan rings is 1. The molecule has 0 saturated carbocycles. The Morgan fingerprint density at radius 3 is 2.29 bits per heavy atom. The summed E-state index contributed by atoms with van der Waals surface area (Å²) in [6.07, 6.45) is 0. The molecule has 0 aliphatic rings. The zero-order valence-corrected chi connectivity index (χ0v) is 14.8. The van der Waals surface area contributed by atoms with Crippen molar-refractivity contribution in [2.75, 3.05) is 10.6 Å². The van der Waals surface area contributed by atoms with Crippen molar-refractivity contribution in [2.24, 2.45) is 0 Å². The molecule has 0 aliphatic heterocycles. The fourth-order valence-electron chi connectivity index (χ4n) is 2.35. The maximum absolute atomic E-state index is 13.5. The van der Waals surface area contributed by atoms with E-state index >= 15 is 0 Å². The van der Waals surface area contributed by atoms with Crippen molar-refractivity contribution < 1.29 is 27.5 Å². The maximum atomic E-state index is 13.5. The van der Waals surface area contributed by atoms with Gasteiger partial charge in [-0.2, -0.15) is 0 Å². The molecule has 2 N–H and O–H groups in total. The molecule has 1 heterocycles. The van der Waals surface area contributed by atoms with E-state index in [1.807, 2.05) is 0 Å². The highest BCUT2D eigenvalue weighted by molar-refractivity contribution is 6.02. The zero-order valence-electron chi connectivity index (χ0n) is 14.8. The molecule has 6 nitrogen and oxygen atoms in total. The molecule has 0 bridgehead atoms. The van der Waals surface area contributed by atoms with E-state index in [0.29, 0.717) is 23.2 Å². The Kier molecular flexibility index (Phi) is 5.69. The second-order valence-electron chi connectivity index (χ2n) is 5.84. The van der Waals surface area contributed by atoms with E-state index in [1.54, 1.807) is 24.3 Å². The van der Waals surface area contributed by atoms with E-state index in [0.717, 1.165) is 6.07 Å². The van der Waals surface area contributed by atoms with Gasteiger partial charge in [-0.25, -0.2) is 8.78 Å². The van der Waals surface area contributed by atoms with Crippen molar-refractivity contribution in [3.8, 4) is 5.75 Å². The van der Waals surface area contributed by atoms with Crippen molar-refractivity contribution in [2.45, 2.75) is 13.5 Å². The van der Waals surface area contributed by atoms with Crippen LogP contribution in [0.15, 0.2) is 59.0 Å². The standard InChI is InChI=1S/C20H16F2N2O4/c1-12(25)23-14-3-5-15(6-4-14)24-20(26)19-9-7-16(28-19)11-27-18-8-2-13(21)10-17(18)22/h2-10H,11H2,1H3,(H,23,25)(H,24,26). The van der Waals surface area contributed by atoms with Gasteiger partial charge in [0.15, 0.2) is 17.3 Å². The monoisotopic (exact) mass is 386 g/mol. The Labute approximate surface area is 159 Å². The SMILES string of the molecule is CC(=O)Nc1ccc(NC(=O)c2ccc(COc3ccc(F)cc3F)o2)cc1. The summed E-state index contributed by atoms with van der Waals surface area (Å²) in [5.41, 5.74) is 1.12. The molecule has 0 saturated heterocycles. The molecule has 0 spiro atoms. The molecular weight excluding hydrogens is 370 g/mol. The zero-order chi connectivity index (χ0) is 20.1. The highest BCUT2D eigenvalue weighted by Gasteiger charge is 2.13. The van der Waals surface area contributed by atoms with Crippen LogP contribution >= 0.6 is 0 Å². The summed E-state index contributed by atoms with van der Waals surface area (Å²) in [5, 5.41) is 5.28. The first-order chi connectivity index (χ1) is 13.4. The average Bonchev–Trinajstić information content (AvgIpc) is 3.11. The summed E-state index contributed by atoms with van der Waals surface area (Å²) in [5.74, 6) is -1.98. The molecular formula is C20H16F2N2O4. The summed E-state index contributed by atoms with van der Waals surface area (Å²) < 4.78 is 37.0. The number of rotatable bonds is 6. The van der Waals surface area contributed by atoms with E-state index in [1.165, 1.54) is 25.1 Å². The fraction of sp³-hybridized carbons (Fsp3) is 0.100. The number of ether oxygens (including phenoxy) is 1. The van der Waals surface area contributed by atoms with Crippen LogP contribution in [0.4, 0.5) is 20.2 Å². The lowest BCUT2D eigenvalue weighted by Crippen LogP contribution is -2.11. The van der Waals surface area contributed by atoms with E-state index in [4.69, 9.17) is 9.15 Å². The summed E-state index contributed by atoms with van der Waals surface area (Å²) >= 11 is 0. The maximum Gasteiger partial charge on any atom is 0.291 e. The summed E-state index contributed by atoms with van der Waals surface area (Å²) in [4.78, 5) is 23.2. The molecule has 144 valence electrons. The van der Waals surface area contributed by atoms with Gasteiger partial charge in [-0.15, -0.1) is 0 Å². The first-order valence-corrected chi connectivity index (χ1v) is 8.26. The van der Waals surface area contributed by atoms with Gasteiger partial charge in [0, 0.05) is 24.4 Å². The number of nitrogens with one attached hydrogen (secondary N) is 2. The van der Waals surface area contributed by atoms with Gasteiger partial charge in [0.25, 0.3) is 5.91 Å². The van der Waals surface area contributed by atoms with Crippen LogP contribution in [-0.4, -0.2) is 11.8 Å².